The van der Waals surface area contributed by atoms with Crippen LogP contribution < -0.4 is 4.74 Å². The van der Waals surface area contributed by atoms with E-state index in [0.717, 1.165) is 5.56 Å². The van der Waals surface area contributed by atoms with Crippen molar-refractivity contribution in [3.63, 3.8) is 0 Å². The maximum atomic E-state index is 13.2. The Balaban J connectivity index is 1.71. The average molecular weight is 485 g/mol. The number of benzene rings is 2. The normalized spacial score (nSPS) is 12.3. The lowest BCUT2D eigenvalue weighted by molar-refractivity contribution is -0.156. The molecule has 0 radical (unpaired) electrons. The molecule has 0 N–H and O–H groups in total. The number of nitrogens with zero attached hydrogens (tertiary/aromatic N) is 2. The van der Waals surface area contributed by atoms with Crippen LogP contribution in [0.1, 0.15) is 32.1 Å². The Morgan fingerprint density at radius 1 is 1.06 bits per heavy atom. The zero-order valence-corrected chi connectivity index (χ0v) is 20.0. The van der Waals surface area contributed by atoms with Gasteiger partial charge in [0.25, 0.3) is 0 Å². The molecule has 0 spiro atoms. The summed E-state index contributed by atoms with van der Waals surface area (Å²) in [5.74, 6) is 0.215. The van der Waals surface area contributed by atoms with Crippen molar-refractivity contribution in [1.82, 2.24) is 5.16 Å². The van der Waals surface area contributed by atoms with Gasteiger partial charge in [-0.05, 0) is 62.7 Å². The zero-order chi connectivity index (χ0) is 25.0. The molecule has 3 aromatic rings. The van der Waals surface area contributed by atoms with E-state index >= 15 is 0 Å². The molecule has 0 bridgehead atoms. The summed E-state index contributed by atoms with van der Waals surface area (Å²) in [6.07, 6.45) is -0.336. The Morgan fingerprint density at radius 2 is 1.86 bits per heavy atom. The van der Waals surface area contributed by atoms with Crippen LogP contribution in [-0.4, -0.2) is 49.4 Å². The van der Waals surface area contributed by atoms with Crippen LogP contribution in [0, 0.1) is 5.82 Å². The molecule has 3 rings (SSSR count). The molecule has 1 unspecified atom stereocenters. The van der Waals surface area contributed by atoms with Gasteiger partial charge in [-0.2, -0.15) is 0 Å². The Bertz CT molecular complexity index is 1110. The minimum absolute atomic E-state index is 0.0499. The van der Waals surface area contributed by atoms with Crippen LogP contribution in [0.25, 0.3) is 11.3 Å². The second-order valence-corrected chi connectivity index (χ2v) is 7.38. The quantitative estimate of drug-likeness (QED) is 0.195. The number of carbonyl (C=O) groups excluding carboxylic acids is 1. The van der Waals surface area contributed by atoms with Crippen molar-refractivity contribution in [3.8, 4) is 17.0 Å². The molecule has 0 aliphatic heterocycles. The first-order chi connectivity index (χ1) is 17.0. The second kappa shape index (κ2) is 13.2. The highest BCUT2D eigenvalue weighted by Crippen LogP contribution is 2.21. The first-order valence-corrected chi connectivity index (χ1v) is 11.5. The lowest BCUT2D eigenvalue weighted by Gasteiger charge is -2.16. The van der Waals surface area contributed by atoms with E-state index < -0.39 is 12.1 Å². The Hall–Kier alpha value is -3.72. The van der Waals surface area contributed by atoms with Crippen molar-refractivity contribution in [2.45, 2.75) is 33.3 Å². The summed E-state index contributed by atoms with van der Waals surface area (Å²) in [4.78, 5) is 17.4. The number of hydrogen-bond acceptors (Lipinski definition) is 8. The highest BCUT2D eigenvalue weighted by atomic mass is 19.1. The Morgan fingerprint density at radius 3 is 2.57 bits per heavy atom. The van der Waals surface area contributed by atoms with Crippen LogP contribution in [0.15, 0.2) is 64.3 Å². The summed E-state index contributed by atoms with van der Waals surface area (Å²) in [6.45, 7) is 6.50. The number of aromatic nitrogens is 1. The summed E-state index contributed by atoms with van der Waals surface area (Å²) in [5.41, 5.74) is 2.50. The van der Waals surface area contributed by atoms with E-state index in [1.54, 1.807) is 31.2 Å². The first kappa shape index (κ1) is 25.9. The van der Waals surface area contributed by atoms with Gasteiger partial charge in [0.15, 0.2) is 17.6 Å². The third-order valence-corrected chi connectivity index (χ3v) is 4.85. The average Bonchev–Trinajstić information content (AvgIpc) is 3.35. The van der Waals surface area contributed by atoms with Crippen molar-refractivity contribution in [2.24, 2.45) is 5.16 Å². The molecule has 1 aromatic heterocycles. The molecule has 0 fully saturated rings. The molecule has 0 amide bonds. The standard InChI is InChI=1S/C26H29FN2O6/c1-4-31-25(26(30)32-5-2)15-18-8-7-9-21(14-18)33-17-23(28-34-6-3)24-16-22(29-35-24)19-10-12-20(27)13-11-19/h7-14,16,25H,4-6,15,17H2,1-3H3/b28-23-. The predicted molar refractivity (Wildman–Crippen MR) is 128 cm³/mol. The van der Waals surface area contributed by atoms with Crippen molar-refractivity contribution in [3.05, 3.63) is 71.7 Å². The van der Waals surface area contributed by atoms with Gasteiger partial charge >= 0.3 is 5.97 Å². The fraction of sp³-hybridized carbons (Fsp3) is 0.346. The van der Waals surface area contributed by atoms with Crippen LogP contribution in [0.3, 0.4) is 0 Å². The van der Waals surface area contributed by atoms with E-state index in [-0.39, 0.29) is 19.0 Å². The molecule has 8 nitrogen and oxygen atoms in total. The van der Waals surface area contributed by atoms with Gasteiger partial charge < -0.3 is 23.6 Å². The highest BCUT2D eigenvalue weighted by molar-refractivity contribution is 5.99. The molecule has 0 saturated carbocycles. The zero-order valence-electron chi connectivity index (χ0n) is 20.0. The Labute approximate surface area is 203 Å². The maximum Gasteiger partial charge on any atom is 0.335 e. The van der Waals surface area contributed by atoms with Gasteiger partial charge in [0.2, 0.25) is 0 Å². The molecular weight excluding hydrogens is 455 g/mol. The van der Waals surface area contributed by atoms with Gasteiger partial charge in [-0.15, -0.1) is 0 Å². The van der Waals surface area contributed by atoms with Gasteiger partial charge in [-0.25, -0.2) is 9.18 Å². The topological polar surface area (TPSA) is 92.4 Å². The summed E-state index contributed by atoms with van der Waals surface area (Å²) in [5, 5.41) is 8.15. The largest absolute Gasteiger partial charge is 0.487 e. The Kier molecular flexibility index (Phi) is 9.80. The number of oxime groups is 1. The van der Waals surface area contributed by atoms with Crippen LogP contribution in [0.5, 0.6) is 5.75 Å². The molecule has 0 aliphatic carbocycles. The molecule has 9 heteroatoms. The number of ether oxygens (including phenoxy) is 3. The molecule has 0 saturated heterocycles. The third-order valence-electron chi connectivity index (χ3n) is 4.85. The van der Waals surface area contributed by atoms with Crippen LogP contribution >= 0.6 is 0 Å². The predicted octanol–water partition coefficient (Wildman–Crippen LogP) is 4.81. The van der Waals surface area contributed by atoms with Crippen molar-refractivity contribution < 1.29 is 32.8 Å². The monoisotopic (exact) mass is 484 g/mol. The minimum Gasteiger partial charge on any atom is -0.487 e. The third kappa shape index (κ3) is 7.65. The fourth-order valence-corrected chi connectivity index (χ4v) is 3.23. The molecule has 2 aromatic carbocycles. The molecule has 35 heavy (non-hydrogen) atoms. The number of esters is 1. The SMILES string of the molecule is CCO/N=C(/COc1cccc(CC(OCC)C(=O)OCC)c1)c1cc(-c2ccc(F)cc2)no1. The van der Waals surface area contributed by atoms with Gasteiger partial charge in [-0.3, -0.25) is 0 Å². The molecule has 186 valence electrons. The molecule has 1 atom stereocenters. The maximum absolute atomic E-state index is 13.2. The lowest BCUT2D eigenvalue weighted by Crippen LogP contribution is -2.29. The summed E-state index contributed by atoms with van der Waals surface area (Å²) in [6, 6.07) is 15.0. The van der Waals surface area contributed by atoms with Gasteiger partial charge in [-0.1, -0.05) is 22.4 Å². The number of rotatable bonds is 13. The van der Waals surface area contributed by atoms with E-state index in [0.29, 0.717) is 48.1 Å². The van der Waals surface area contributed by atoms with E-state index in [1.165, 1.54) is 12.1 Å². The fourth-order valence-electron chi connectivity index (χ4n) is 3.23. The van der Waals surface area contributed by atoms with E-state index in [2.05, 4.69) is 10.3 Å². The van der Waals surface area contributed by atoms with E-state index in [4.69, 9.17) is 23.6 Å². The van der Waals surface area contributed by atoms with Crippen LogP contribution in [-0.2, 0) is 25.5 Å². The van der Waals surface area contributed by atoms with Crippen LogP contribution in [0.2, 0.25) is 0 Å². The summed E-state index contributed by atoms with van der Waals surface area (Å²) < 4.78 is 35.3. The smallest absolute Gasteiger partial charge is 0.335 e. The van der Waals surface area contributed by atoms with Gasteiger partial charge in [0, 0.05) is 24.7 Å². The highest BCUT2D eigenvalue weighted by Gasteiger charge is 2.21. The van der Waals surface area contributed by atoms with E-state index in [9.17, 15) is 9.18 Å². The molecular formula is C26H29FN2O6. The molecule has 0 aliphatic rings. The van der Waals surface area contributed by atoms with Crippen molar-refractivity contribution >= 4 is 11.7 Å². The van der Waals surface area contributed by atoms with Crippen LogP contribution in [0.4, 0.5) is 4.39 Å². The number of hydrogen-bond donors (Lipinski definition) is 0. The lowest BCUT2D eigenvalue weighted by atomic mass is 10.1. The van der Waals surface area contributed by atoms with Gasteiger partial charge in [0.1, 0.15) is 30.5 Å². The minimum atomic E-state index is -0.690. The summed E-state index contributed by atoms with van der Waals surface area (Å²) >= 11 is 0. The van der Waals surface area contributed by atoms with Crippen molar-refractivity contribution in [2.75, 3.05) is 26.4 Å². The summed E-state index contributed by atoms with van der Waals surface area (Å²) in [7, 11) is 0. The molecule has 1 heterocycles. The van der Waals surface area contributed by atoms with Gasteiger partial charge in [0.05, 0.1) is 6.61 Å². The van der Waals surface area contributed by atoms with Crippen molar-refractivity contribution in [1.29, 1.82) is 0 Å². The number of halogens is 1. The van der Waals surface area contributed by atoms with E-state index in [1.807, 2.05) is 32.0 Å². The second-order valence-electron chi connectivity index (χ2n) is 7.38. The first-order valence-electron chi connectivity index (χ1n) is 11.5. The number of carbonyl (C=O) groups is 1.